The largest absolute Gasteiger partial charge is 0.271 e. The van der Waals surface area contributed by atoms with Gasteiger partial charge in [0.2, 0.25) is 0 Å². The van der Waals surface area contributed by atoms with Gasteiger partial charge in [-0.1, -0.05) is 6.42 Å². The molecule has 0 aromatic carbocycles. The van der Waals surface area contributed by atoms with E-state index in [9.17, 15) is 8.42 Å². The van der Waals surface area contributed by atoms with Crippen molar-refractivity contribution in [2.75, 3.05) is 5.75 Å². The van der Waals surface area contributed by atoms with Gasteiger partial charge in [-0.2, -0.15) is 0 Å². The quantitative estimate of drug-likeness (QED) is 0.431. The molecule has 0 bridgehead atoms. The molecule has 92 valence electrons. The molecule has 5 heteroatoms. The molecule has 1 fully saturated rings. The minimum atomic E-state index is -2.96. The molecule has 0 aromatic heterocycles. The summed E-state index contributed by atoms with van der Waals surface area (Å²) in [6.45, 7) is 1.78. The van der Waals surface area contributed by atoms with E-state index in [0.29, 0.717) is 18.6 Å². The highest BCUT2D eigenvalue weighted by atomic mass is 32.2. The average molecular weight is 244 g/mol. The molecule has 1 aliphatic rings. The van der Waals surface area contributed by atoms with Crippen LogP contribution in [-0.4, -0.2) is 25.5 Å². The van der Waals surface area contributed by atoms with Crippen molar-refractivity contribution in [1.29, 1.82) is 0 Å². The molecule has 3 N–H and O–H groups in total. The molecule has 1 rings (SSSR count). The van der Waals surface area contributed by atoms with E-state index in [2.05, 4.69) is 17.3 Å². The summed E-state index contributed by atoms with van der Waals surface area (Å²) in [5.41, 5.74) is 2.64. The van der Waals surface area contributed by atoms with E-state index < -0.39 is 9.84 Å². The van der Waals surface area contributed by atoms with Crippen LogP contribution < -0.4 is 11.3 Å². The molecule has 0 radical (unpaired) electrons. The lowest BCUT2D eigenvalue weighted by Crippen LogP contribution is -2.49. The molecule has 2 unspecified atom stereocenters. The summed E-state index contributed by atoms with van der Waals surface area (Å²) < 4.78 is 23.8. The lowest BCUT2D eigenvalue weighted by molar-refractivity contribution is 0.426. The molecule has 0 spiro atoms. The number of hydrogen-bond donors (Lipinski definition) is 2. The molecular weight excluding hydrogens is 224 g/mol. The van der Waals surface area contributed by atoms with Crippen LogP contribution in [-0.2, 0) is 9.84 Å². The Labute approximate surface area is 97.9 Å². The van der Waals surface area contributed by atoms with Gasteiger partial charge in [0.25, 0.3) is 0 Å². The Balaban J connectivity index is 2.65. The van der Waals surface area contributed by atoms with Crippen LogP contribution in [0.5, 0.6) is 0 Å². The van der Waals surface area contributed by atoms with Gasteiger partial charge in [-0.15, -0.1) is 11.8 Å². The number of sulfone groups is 1. The summed E-state index contributed by atoms with van der Waals surface area (Å²) in [4.78, 5) is 0. The van der Waals surface area contributed by atoms with Crippen molar-refractivity contribution in [3.05, 3.63) is 0 Å². The van der Waals surface area contributed by atoms with Gasteiger partial charge in [0.15, 0.2) is 9.84 Å². The van der Waals surface area contributed by atoms with E-state index in [4.69, 9.17) is 5.84 Å². The van der Waals surface area contributed by atoms with Gasteiger partial charge in [-0.3, -0.25) is 11.3 Å². The Kier molecular flexibility index (Phi) is 5.26. The zero-order valence-corrected chi connectivity index (χ0v) is 10.5. The molecule has 1 heterocycles. The molecule has 0 aromatic rings. The summed E-state index contributed by atoms with van der Waals surface area (Å²) in [5.74, 6) is 11.5. The summed E-state index contributed by atoms with van der Waals surface area (Å²) >= 11 is 0. The van der Waals surface area contributed by atoms with Gasteiger partial charge < -0.3 is 0 Å². The van der Waals surface area contributed by atoms with E-state index in [1.54, 1.807) is 6.92 Å². The van der Waals surface area contributed by atoms with Gasteiger partial charge in [-0.05, 0) is 26.2 Å². The van der Waals surface area contributed by atoms with Gasteiger partial charge in [-0.25, -0.2) is 8.42 Å². The minimum Gasteiger partial charge on any atom is -0.271 e. The first-order valence-electron chi connectivity index (χ1n) is 5.69. The van der Waals surface area contributed by atoms with Crippen molar-refractivity contribution in [3.8, 4) is 11.8 Å². The van der Waals surface area contributed by atoms with Gasteiger partial charge in [0, 0.05) is 12.5 Å². The molecule has 0 saturated carbocycles. The highest BCUT2D eigenvalue weighted by Crippen LogP contribution is 2.23. The van der Waals surface area contributed by atoms with Crippen molar-refractivity contribution < 1.29 is 8.42 Å². The monoisotopic (exact) mass is 244 g/mol. The van der Waals surface area contributed by atoms with Crippen LogP contribution in [0.2, 0.25) is 0 Å². The number of hydrogen-bond acceptors (Lipinski definition) is 4. The summed E-state index contributed by atoms with van der Waals surface area (Å²) in [5, 5.41) is -0.329. The first kappa shape index (κ1) is 13.5. The predicted molar refractivity (Wildman–Crippen MR) is 65.2 cm³/mol. The second-order valence-electron chi connectivity index (χ2n) is 4.14. The van der Waals surface area contributed by atoms with Crippen molar-refractivity contribution in [1.82, 2.24) is 5.43 Å². The van der Waals surface area contributed by atoms with Crippen LogP contribution in [0.25, 0.3) is 0 Å². The maximum absolute atomic E-state index is 11.9. The van der Waals surface area contributed by atoms with Crippen LogP contribution in [0.15, 0.2) is 0 Å². The maximum atomic E-state index is 11.9. The van der Waals surface area contributed by atoms with Gasteiger partial charge >= 0.3 is 0 Å². The third kappa shape index (κ3) is 3.48. The second-order valence-corrected chi connectivity index (χ2v) is 6.48. The lowest BCUT2D eigenvalue weighted by atomic mass is 10.0. The van der Waals surface area contributed by atoms with Crippen molar-refractivity contribution in [2.45, 2.75) is 50.3 Å². The average Bonchev–Trinajstić information content (AvgIpc) is 2.25. The van der Waals surface area contributed by atoms with Crippen LogP contribution in [0.1, 0.15) is 39.0 Å². The topological polar surface area (TPSA) is 72.2 Å². The van der Waals surface area contributed by atoms with E-state index in [1.807, 2.05) is 0 Å². The van der Waals surface area contributed by atoms with E-state index in [0.717, 1.165) is 19.3 Å². The summed E-state index contributed by atoms with van der Waals surface area (Å²) in [6.07, 6.45) is 3.86. The Bertz CT molecular complexity index is 367. The van der Waals surface area contributed by atoms with Crippen LogP contribution in [0.3, 0.4) is 0 Å². The zero-order valence-electron chi connectivity index (χ0n) is 9.70. The number of nitrogens with one attached hydrogen (secondary N) is 1. The van der Waals surface area contributed by atoms with Crippen LogP contribution in [0.4, 0.5) is 0 Å². The Morgan fingerprint density at radius 1 is 1.50 bits per heavy atom. The molecule has 16 heavy (non-hydrogen) atoms. The molecule has 2 atom stereocenters. The first-order chi connectivity index (χ1) is 7.61. The number of hydrazine groups is 1. The zero-order chi connectivity index (χ0) is 12.0. The highest BCUT2D eigenvalue weighted by molar-refractivity contribution is 7.92. The Morgan fingerprint density at radius 3 is 2.81 bits per heavy atom. The van der Waals surface area contributed by atoms with Crippen molar-refractivity contribution >= 4 is 9.84 Å². The number of rotatable bonds is 4. The smallest absolute Gasteiger partial charge is 0.154 e. The van der Waals surface area contributed by atoms with Crippen LogP contribution >= 0.6 is 0 Å². The van der Waals surface area contributed by atoms with Crippen LogP contribution in [0, 0.1) is 11.8 Å². The van der Waals surface area contributed by atoms with Gasteiger partial charge in [0.05, 0.1) is 11.0 Å². The summed E-state index contributed by atoms with van der Waals surface area (Å²) in [7, 11) is -2.96. The number of nitrogens with two attached hydrogens (primary N) is 1. The molecule has 0 aliphatic carbocycles. The molecule has 4 nitrogen and oxygen atoms in total. The second kappa shape index (κ2) is 6.24. The minimum absolute atomic E-state index is 0.161. The molecule has 0 amide bonds. The van der Waals surface area contributed by atoms with Crippen molar-refractivity contribution in [2.24, 2.45) is 5.84 Å². The first-order valence-corrected chi connectivity index (χ1v) is 7.40. The Morgan fingerprint density at radius 2 is 2.25 bits per heavy atom. The fourth-order valence-corrected chi connectivity index (χ4v) is 4.31. The van der Waals surface area contributed by atoms with Crippen molar-refractivity contribution in [3.63, 3.8) is 0 Å². The molecule has 1 saturated heterocycles. The maximum Gasteiger partial charge on any atom is 0.154 e. The third-order valence-corrected chi connectivity index (χ3v) is 5.39. The highest BCUT2D eigenvalue weighted by Gasteiger charge is 2.34. The summed E-state index contributed by atoms with van der Waals surface area (Å²) in [6, 6.07) is -0.161. The fraction of sp³-hybridized carbons (Fsp3) is 0.818. The SMILES string of the molecule is CC#CCCC(NN)C1CCCCS1(=O)=O. The Hall–Kier alpha value is -0.570. The van der Waals surface area contributed by atoms with E-state index >= 15 is 0 Å². The lowest BCUT2D eigenvalue weighted by Gasteiger charge is -2.29. The predicted octanol–water partition coefficient (Wildman–Crippen LogP) is 0.589. The normalized spacial score (nSPS) is 25.5. The third-order valence-electron chi connectivity index (χ3n) is 3.05. The van der Waals surface area contributed by atoms with E-state index in [-0.39, 0.29) is 11.3 Å². The standard InChI is InChI=1S/C11H20N2O2S/c1-2-3-4-7-10(13-12)11-8-5-6-9-16(11,14)15/h10-11,13H,4-9,12H2,1H3. The van der Waals surface area contributed by atoms with E-state index in [1.165, 1.54) is 0 Å². The fourth-order valence-electron chi connectivity index (χ4n) is 2.16. The van der Waals surface area contributed by atoms with Gasteiger partial charge in [0.1, 0.15) is 0 Å². The molecular formula is C11H20N2O2S. The molecule has 1 aliphatic heterocycles.